The van der Waals surface area contributed by atoms with Crippen molar-refractivity contribution in [3.8, 4) is 28.8 Å². The van der Waals surface area contributed by atoms with Crippen LogP contribution >= 0.6 is 0 Å². The summed E-state index contributed by atoms with van der Waals surface area (Å²) in [5.41, 5.74) is 2.56. The molecule has 2 aromatic carbocycles. The van der Waals surface area contributed by atoms with Crippen molar-refractivity contribution in [2.24, 2.45) is 0 Å². The van der Waals surface area contributed by atoms with E-state index in [1.165, 1.54) is 19.2 Å². The number of aliphatic hydroxyl groups excluding tert-OH is 1. The number of rotatable bonds is 5. The molecule has 4 aromatic rings. The first-order valence-corrected chi connectivity index (χ1v) is 9.02. The number of fused-ring (bicyclic) bond motifs is 1. The summed E-state index contributed by atoms with van der Waals surface area (Å²) in [4.78, 5) is 22.7. The molecule has 0 aliphatic heterocycles. The standard InChI is InChI=1S/C22H18N2O6/c1-29-19-10-13(6-7-14(19)12-25)18-11-16(15-4-2-3-5-17(15)23-18)22(28)30-24-20(26)8-9-21(24)27/h2-11,25-27H,12H2,1H3. The van der Waals surface area contributed by atoms with Gasteiger partial charge in [0.25, 0.3) is 0 Å². The second kappa shape index (κ2) is 7.76. The van der Waals surface area contributed by atoms with Crippen LogP contribution in [-0.4, -0.2) is 38.1 Å². The van der Waals surface area contributed by atoms with Crippen LogP contribution in [0.2, 0.25) is 0 Å². The van der Waals surface area contributed by atoms with Gasteiger partial charge in [-0.25, -0.2) is 9.78 Å². The van der Waals surface area contributed by atoms with Gasteiger partial charge in [-0.1, -0.05) is 30.3 Å². The van der Waals surface area contributed by atoms with E-state index < -0.39 is 17.7 Å². The molecule has 0 bridgehead atoms. The zero-order valence-electron chi connectivity index (χ0n) is 15.9. The summed E-state index contributed by atoms with van der Waals surface area (Å²) in [5, 5.41) is 29.5. The van der Waals surface area contributed by atoms with E-state index in [-0.39, 0.29) is 12.2 Å². The maximum atomic E-state index is 12.9. The Balaban J connectivity index is 1.83. The highest BCUT2D eigenvalue weighted by atomic mass is 16.7. The number of benzene rings is 2. The molecule has 0 radical (unpaired) electrons. The van der Waals surface area contributed by atoms with E-state index in [1.807, 2.05) is 0 Å². The smallest absolute Gasteiger partial charge is 0.364 e. The van der Waals surface area contributed by atoms with Gasteiger partial charge < -0.3 is 24.9 Å². The predicted molar refractivity (Wildman–Crippen MR) is 108 cm³/mol. The van der Waals surface area contributed by atoms with Crippen LogP contribution in [-0.2, 0) is 6.61 Å². The van der Waals surface area contributed by atoms with Crippen LogP contribution in [0.25, 0.3) is 22.2 Å². The van der Waals surface area contributed by atoms with Gasteiger partial charge in [0.1, 0.15) is 5.75 Å². The Labute approximate surface area is 171 Å². The lowest BCUT2D eigenvalue weighted by atomic mass is 10.0. The summed E-state index contributed by atoms with van der Waals surface area (Å²) < 4.78 is 5.96. The average molecular weight is 406 g/mol. The van der Waals surface area contributed by atoms with Crippen LogP contribution in [0.15, 0.2) is 60.7 Å². The minimum atomic E-state index is -0.782. The van der Waals surface area contributed by atoms with Gasteiger partial charge >= 0.3 is 5.97 Å². The molecule has 0 fully saturated rings. The lowest BCUT2D eigenvalue weighted by Crippen LogP contribution is -2.19. The molecular formula is C22H18N2O6. The SMILES string of the molecule is COc1cc(-c2cc(C(=O)On3c(O)ccc3O)c3ccccc3n2)ccc1CO. The quantitative estimate of drug-likeness (QED) is 0.467. The molecule has 2 aromatic heterocycles. The Hall–Kier alpha value is -4.04. The van der Waals surface area contributed by atoms with E-state index >= 15 is 0 Å². The first-order valence-electron chi connectivity index (χ1n) is 9.02. The molecule has 0 spiro atoms. The van der Waals surface area contributed by atoms with E-state index in [9.17, 15) is 20.1 Å². The Kier molecular flexibility index (Phi) is 4.99. The number of hydrogen-bond acceptors (Lipinski definition) is 7. The minimum Gasteiger partial charge on any atom is -0.496 e. The highest BCUT2D eigenvalue weighted by Gasteiger charge is 2.19. The van der Waals surface area contributed by atoms with Gasteiger partial charge in [-0.3, -0.25) is 0 Å². The number of hydrogen-bond donors (Lipinski definition) is 3. The number of aliphatic hydroxyl groups is 1. The summed E-state index contributed by atoms with van der Waals surface area (Å²) in [5.74, 6) is -1.11. The molecule has 152 valence electrons. The van der Waals surface area contributed by atoms with Gasteiger partial charge in [-0.05, 0) is 18.2 Å². The molecular weight excluding hydrogens is 388 g/mol. The largest absolute Gasteiger partial charge is 0.496 e. The Morgan fingerprint density at radius 2 is 1.77 bits per heavy atom. The number of nitrogens with zero attached hydrogens (tertiary/aromatic N) is 2. The molecule has 0 aliphatic carbocycles. The van der Waals surface area contributed by atoms with E-state index in [4.69, 9.17) is 9.57 Å². The molecule has 2 heterocycles. The Morgan fingerprint density at radius 1 is 1.03 bits per heavy atom. The number of para-hydroxylation sites is 1. The topological polar surface area (TPSA) is 114 Å². The average Bonchev–Trinajstić information content (AvgIpc) is 3.09. The zero-order valence-corrected chi connectivity index (χ0v) is 15.9. The third kappa shape index (κ3) is 3.40. The number of aromatic nitrogens is 2. The van der Waals surface area contributed by atoms with Crippen molar-refractivity contribution in [1.82, 2.24) is 9.71 Å². The van der Waals surface area contributed by atoms with Crippen molar-refractivity contribution in [1.29, 1.82) is 0 Å². The van der Waals surface area contributed by atoms with Crippen molar-refractivity contribution in [2.45, 2.75) is 6.61 Å². The summed E-state index contributed by atoms with van der Waals surface area (Å²) in [7, 11) is 1.50. The fraction of sp³-hybridized carbons (Fsp3) is 0.0909. The van der Waals surface area contributed by atoms with Gasteiger partial charge in [-0.2, -0.15) is 0 Å². The van der Waals surface area contributed by atoms with Crippen LogP contribution in [0.1, 0.15) is 15.9 Å². The molecule has 0 saturated carbocycles. The van der Waals surface area contributed by atoms with Crippen molar-refractivity contribution >= 4 is 16.9 Å². The number of ether oxygens (including phenoxy) is 1. The van der Waals surface area contributed by atoms with E-state index in [0.717, 1.165) is 0 Å². The molecule has 0 saturated heterocycles. The summed E-state index contributed by atoms with van der Waals surface area (Å²) in [6, 6.07) is 16.2. The van der Waals surface area contributed by atoms with Gasteiger partial charge in [0.05, 0.1) is 30.5 Å². The van der Waals surface area contributed by atoms with Crippen molar-refractivity contribution in [3.63, 3.8) is 0 Å². The van der Waals surface area contributed by atoms with Crippen molar-refractivity contribution in [2.75, 3.05) is 7.11 Å². The first kappa shape index (κ1) is 19.3. The number of methoxy groups -OCH3 is 1. The third-order valence-corrected chi connectivity index (χ3v) is 4.66. The van der Waals surface area contributed by atoms with Gasteiger partial charge in [0, 0.05) is 28.6 Å². The maximum absolute atomic E-state index is 12.9. The van der Waals surface area contributed by atoms with Crippen LogP contribution in [0.3, 0.4) is 0 Å². The lowest BCUT2D eigenvalue weighted by molar-refractivity contribution is 0.0384. The lowest BCUT2D eigenvalue weighted by Gasteiger charge is -2.12. The zero-order chi connectivity index (χ0) is 21.3. The highest BCUT2D eigenvalue weighted by molar-refractivity contribution is 6.04. The summed E-state index contributed by atoms with van der Waals surface area (Å²) in [6.07, 6.45) is 0. The second-order valence-electron chi connectivity index (χ2n) is 6.48. The Bertz CT molecular complexity index is 1230. The first-order chi connectivity index (χ1) is 14.5. The van der Waals surface area contributed by atoms with E-state index in [0.29, 0.717) is 38.2 Å². The van der Waals surface area contributed by atoms with Gasteiger partial charge in [0.15, 0.2) is 0 Å². The normalized spacial score (nSPS) is 10.9. The van der Waals surface area contributed by atoms with Crippen molar-refractivity contribution < 1.29 is 29.7 Å². The predicted octanol–water partition coefficient (Wildman–Crippen LogP) is 2.88. The van der Waals surface area contributed by atoms with Crippen LogP contribution in [0.4, 0.5) is 0 Å². The molecule has 4 rings (SSSR count). The number of pyridine rings is 1. The molecule has 0 amide bonds. The van der Waals surface area contributed by atoms with Gasteiger partial charge in [-0.15, -0.1) is 4.73 Å². The van der Waals surface area contributed by atoms with Crippen LogP contribution in [0.5, 0.6) is 17.5 Å². The summed E-state index contributed by atoms with van der Waals surface area (Å²) in [6.45, 7) is -0.171. The van der Waals surface area contributed by atoms with Crippen LogP contribution < -0.4 is 9.57 Å². The molecule has 30 heavy (non-hydrogen) atoms. The number of carbonyl (C=O) groups excluding carboxylic acids is 1. The minimum absolute atomic E-state index is 0.171. The van der Waals surface area contributed by atoms with E-state index in [1.54, 1.807) is 48.5 Å². The van der Waals surface area contributed by atoms with Crippen molar-refractivity contribution in [3.05, 3.63) is 71.8 Å². The second-order valence-corrected chi connectivity index (χ2v) is 6.48. The fourth-order valence-corrected chi connectivity index (χ4v) is 3.15. The molecule has 0 unspecified atom stereocenters. The number of carbonyl (C=O) groups is 1. The molecule has 8 heteroatoms. The van der Waals surface area contributed by atoms with Crippen LogP contribution in [0, 0.1) is 0 Å². The molecule has 8 nitrogen and oxygen atoms in total. The molecule has 0 aliphatic rings. The maximum Gasteiger partial charge on any atom is 0.364 e. The molecule has 3 N–H and O–H groups in total. The van der Waals surface area contributed by atoms with E-state index in [2.05, 4.69) is 4.98 Å². The monoisotopic (exact) mass is 406 g/mol. The van der Waals surface area contributed by atoms with Gasteiger partial charge in [0.2, 0.25) is 11.8 Å². The molecule has 0 atom stereocenters. The summed E-state index contributed by atoms with van der Waals surface area (Å²) >= 11 is 0. The number of aromatic hydroxyl groups is 2. The Morgan fingerprint density at radius 3 is 2.47 bits per heavy atom. The third-order valence-electron chi connectivity index (χ3n) is 4.66. The fourth-order valence-electron chi connectivity index (χ4n) is 3.15. The highest BCUT2D eigenvalue weighted by Crippen LogP contribution is 2.30.